The standard InChI is InChI=1S/C20H22N2O3/c1-22-16-5-3-2-4-15(16)17(18(22)23)21-19(24)25-20-9-12-6-13(10-20)8-14(7-12)11-20/h2-5,12-14H,6-11H2,1H3. The molecule has 0 unspecified atom stereocenters. The largest absolute Gasteiger partial charge is 0.441 e. The van der Waals surface area contributed by atoms with Crippen molar-refractivity contribution in [1.29, 1.82) is 0 Å². The first-order valence-electron chi connectivity index (χ1n) is 9.22. The number of aliphatic imine (C=N–C) groups is 1. The zero-order valence-electron chi connectivity index (χ0n) is 14.4. The van der Waals surface area contributed by atoms with Gasteiger partial charge in [0.1, 0.15) is 11.3 Å². The molecule has 5 heteroatoms. The van der Waals surface area contributed by atoms with Crippen LogP contribution < -0.4 is 4.90 Å². The number of carbonyl (C=O) groups excluding carboxylic acids is 2. The van der Waals surface area contributed by atoms with Crippen LogP contribution in [-0.2, 0) is 9.53 Å². The smallest absolute Gasteiger partial charge is 0.434 e. The van der Waals surface area contributed by atoms with Gasteiger partial charge in [-0.15, -0.1) is 0 Å². The monoisotopic (exact) mass is 338 g/mol. The molecular weight excluding hydrogens is 316 g/mol. The first kappa shape index (κ1) is 15.1. The second-order valence-corrected chi connectivity index (χ2v) is 8.31. The Balaban J connectivity index is 1.41. The summed E-state index contributed by atoms with van der Waals surface area (Å²) in [7, 11) is 1.70. The van der Waals surface area contributed by atoms with Gasteiger partial charge in [-0.05, 0) is 62.3 Å². The maximum atomic E-state index is 12.6. The second kappa shape index (κ2) is 5.16. The van der Waals surface area contributed by atoms with Crippen LogP contribution in [-0.4, -0.2) is 30.4 Å². The van der Waals surface area contributed by atoms with Crippen LogP contribution >= 0.6 is 0 Å². The lowest BCUT2D eigenvalue weighted by molar-refractivity contribution is -0.125. The molecule has 5 nitrogen and oxygen atoms in total. The number of rotatable bonds is 1. The van der Waals surface area contributed by atoms with Gasteiger partial charge in [0, 0.05) is 12.6 Å². The molecule has 25 heavy (non-hydrogen) atoms. The van der Waals surface area contributed by atoms with Crippen LogP contribution in [0.15, 0.2) is 29.3 Å². The van der Waals surface area contributed by atoms with Crippen LogP contribution in [0.1, 0.15) is 44.1 Å². The predicted octanol–water partition coefficient (Wildman–Crippen LogP) is 3.56. The third kappa shape index (κ3) is 2.32. The van der Waals surface area contributed by atoms with Crippen LogP contribution in [0.5, 0.6) is 0 Å². The van der Waals surface area contributed by atoms with E-state index in [1.165, 1.54) is 24.2 Å². The number of nitrogens with zero attached hydrogens (tertiary/aromatic N) is 2. The molecule has 0 aromatic heterocycles. The number of hydrogen-bond donors (Lipinski definition) is 0. The SMILES string of the molecule is CN1C(=O)C(=NC(=O)OC23CC4CC(CC(C4)C2)C3)c2ccccc21. The highest BCUT2D eigenvalue weighted by atomic mass is 16.6. The van der Waals surface area contributed by atoms with E-state index in [0.29, 0.717) is 23.3 Å². The Labute approximate surface area is 147 Å². The Morgan fingerprint density at radius 1 is 1.12 bits per heavy atom. The topological polar surface area (TPSA) is 59.0 Å². The maximum Gasteiger partial charge on any atom is 0.434 e. The molecule has 2 amide bonds. The zero-order valence-corrected chi connectivity index (χ0v) is 14.4. The van der Waals surface area contributed by atoms with E-state index >= 15 is 0 Å². The number of benzene rings is 1. The molecule has 4 fully saturated rings. The summed E-state index contributed by atoms with van der Waals surface area (Å²) in [5.41, 5.74) is 1.36. The molecule has 0 atom stereocenters. The van der Waals surface area contributed by atoms with E-state index in [0.717, 1.165) is 24.9 Å². The van der Waals surface area contributed by atoms with E-state index in [2.05, 4.69) is 4.99 Å². The average molecular weight is 338 g/mol. The van der Waals surface area contributed by atoms with E-state index < -0.39 is 6.09 Å². The van der Waals surface area contributed by atoms with Gasteiger partial charge in [-0.25, -0.2) is 4.79 Å². The van der Waals surface area contributed by atoms with E-state index in [1.807, 2.05) is 24.3 Å². The molecule has 130 valence electrons. The molecule has 1 aromatic carbocycles. The third-order valence-electron chi connectivity index (χ3n) is 6.52. The lowest BCUT2D eigenvalue weighted by Gasteiger charge is -2.55. The molecule has 1 aliphatic heterocycles. The molecule has 0 spiro atoms. The number of ether oxygens (including phenoxy) is 1. The average Bonchev–Trinajstić information content (AvgIpc) is 2.78. The minimum absolute atomic E-state index is 0.202. The van der Waals surface area contributed by atoms with Crippen molar-refractivity contribution in [2.24, 2.45) is 22.7 Å². The van der Waals surface area contributed by atoms with Gasteiger partial charge in [0.15, 0.2) is 0 Å². The molecule has 4 bridgehead atoms. The summed E-state index contributed by atoms with van der Waals surface area (Å²) in [6.07, 6.45) is 6.20. The number of amides is 2. The highest BCUT2D eigenvalue weighted by molar-refractivity contribution is 6.55. The highest BCUT2D eigenvalue weighted by Gasteiger charge is 2.53. The van der Waals surface area contributed by atoms with Crippen LogP contribution in [0.2, 0.25) is 0 Å². The Kier molecular flexibility index (Phi) is 3.12. The number of para-hydroxylation sites is 1. The summed E-state index contributed by atoms with van der Waals surface area (Å²) in [5.74, 6) is 1.86. The molecule has 1 heterocycles. The summed E-state index contributed by atoms with van der Waals surface area (Å²) < 4.78 is 5.91. The van der Waals surface area contributed by atoms with Gasteiger partial charge in [-0.2, -0.15) is 4.99 Å². The molecule has 4 saturated carbocycles. The van der Waals surface area contributed by atoms with Crippen molar-refractivity contribution in [2.75, 3.05) is 11.9 Å². The van der Waals surface area contributed by atoms with Gasteiger partial charge in [0.25, 0.3) is 5.91 Å². The van der Waals surface area contributed by atoms with Gasteiger partial charge in [0.2, 0.25) is 0 Å². The van der Waals surface area contributed by atoms with E-state index in [4.69, 9.17) is 4.74 Å². The van der Waals surface area contributed by atoms with Crippen LogP contribution in [0.4, 0.5) is 10.5 Å². The number of carbonyl (C=O) groups is 2. The maximum absolute atomic E-state index is 12.6. The third-order valence-corrected chi connectivity index (χ3v) is 6.52. The fourth-order valence-corrected chi connectivity index (χ4v) is 5.91. The summed E-state index contributed by atoms with van der Waals surface area (Å²) in [6.45, 7) is 0. The molecule has 0 radical (unpaired) electrons. The number of hydrogen-bond acceptors (Lipinski definition) is 3. The molecule has 0 N–H and O–H groups in total. The summed E-state index contributed by atoms with van der Waals surface area (Å²) in [5, 5.41) is 0. The Hall–Kier alpha value is -2.17. The first-order chi connectivity index (χ1) is 12.0. The Morgan fingerprint density at radius 3 is 2.36 bits per heavy atom. The van der Waals surface area contributed by atoms with Crippen molar-refractivity contribution < 1.29 is 14.3 Å². The minimum atomic E-state index is -0.601. The van der Waals surface area contributed by atoms with Gasteiger partial charge in [0.05, 0.1) is 5.69 Å². The highest BCUT2D eigenvalue weighted by Crippen LogP contribution is 2.57. The lowest BCUT2D eigenvalue weighted by atomic mass is 9.54. The van der Waals surface area contributed by atoms with Crippen LogP contribution in [0.3, 0.4) is 0 Å². The molecule has 0 saturated heterocycles. The lowest BCUT2D eigenvalue weighted by Crippen LogP contribution is -2.52. The van der Waals surface area contributed by atoms with Crippen molar-refractivity contribution in [3.63, 3.8) is 0 Å². The van der Waals surface area contributed by atoms with Crippen molar-refractivity contribution in [3.05, 3.63) is 29.8 Å². The summed E-state index contributed by atoms with van der Waals surface area (Å²) in [6, 6.07) is 7.41. The number of likely N-dealkylation sites (N-methyl/N-ethyl adjacent to an activating group) is 1. The summed E-state index contributed by atoms with van der Waals surface area (Å²) >= 11 is 0. The van der Waals surface area contributed by atoms with Crippen molar-refractivity contribution in [2.45, 2.75) is 44.1 Å². The van der Waals surface area contributed by atoms with E-state index in [1.54, 1.807) is 7.05 Å². The number of fused-ring (bicyclic) bond motifs is 1. The van der Waals surface area contributed by atoms with Gasteiger partial charge < -0.3 is 9.64 Å². The molecule has 5 aliphatic rings. The predicted molar refractivity (Wildman–Crippen MR) is 93.8 cm³/mol. The van der Waals surface area contributed by atoms with Gasteiger partial charge in [-0.1, -0.05) is 18.2 Å². The van der Waals surface area contributed by atoms with Crippen LogP contribution in [0.25, 0.3) is 0 Å². The zero-order chi connectivity index (χ0) is 17.2. The Bertz CT molecular complexity index is 763. The number of anilines is 1. The Morgan fingerprint density at radius 2 is 1.72 bits per heavy atom. The molecule has 6 rings (SSSR count). The molecular formula is C20H22N2O3. The van der Waals surface area contributed by atoms with Crippen molar-refractivity contribution in [3.8, 4) is 0 Å². The fourth-order valence-electron chi connectivity index (χ4n) is 5.91. The molecule has 4 aliphatic carbocycles. The molecule has 1 aromatic rings. The van der Waals surface area contributed by atoms with Gasteiger partial charge >= 0.3 is 6.09 Å². The van der Waals surface area contributed by atoms with Crippen molar-refractivity contribution in [1.82, 2.24) is 0 Å². The minimum Gasteiger partial charge on any atom is -0.441 e. The van der Waals surface area contributed by atoms with Gasteiger partial charge in [-0.3, -0.25) is 4.79 Å². The van der Waals surface area contributed by atoms with E-state index in [-0.39, 0.29) is 17.2 Å². The normalized spacial score (nSPS) is 36.8. The fraction of sp³-hybridized carbons (Fsp3) is 0.550. The quantitative estimate of drug-likeness (QED) is 0.787. The first-order valence-corrected chi connectivity index (χ1v) is 9.22. The summed E-state index contributed by atoms with van der Waals surface area (Å²) in [4.78, 5) is 30.6. The van der Waals surface area contributed by atoms with E-state index in [9.17, 15) is 9.59 Å². The second-order valence-electron chi connectivity index (χ2n) is 8.31. The van der Waals surface area contributed by atoms with Crippen LogP contribution in [0, 0.1) is 17.8 Å². The van der Waals surface area contributed by atoms with Crippen molar-refractivity contribution >= 4 is 23.4 Å².